The minimum Gasteiger partial charge on any atom is -0.493 e. The Hall–Kier alpha value is -3.02. The van der Waals surface area contributed by atoms with E-state index in [1.807, 2.05) is 0 Å². The molecular formula is C19H17N3O8S2W. The maximum Gasteiger partial charge on any atom is 0.430 e. The SMILES string of the molecule is COC(=O)N(c1nc(-c2cccc([N+](=O)[O-])c2)cs1)S(=O)(=O)c1ccc(OC)c(OC)c1.[W]. The molecule has 0 N–H and O–H groups in total. The summed E-state index contributed by atoms with van der Waals surface area (Å²) in [6, 6.07) is 9.52. The van der Waals surface area contributed by atoms with Crippen LogP contribution in [0.1, 0.15) is 0 Å². The van der Waals surface area contributed by atoms with Crippen molar-refractivity contribution in [2.75, 3.05) is 25.6 Å². The maximum absolute atomic E-state index is 13.3. The molecule has 0 aliphatic heterocycles. The van der Waals surface area contributed by atoms with E-state index in [0.717, 1.165) is 18.4 Å². The number of rotatable bonds is 7. The minimum atomic E-state index is -4.45. The Morgan fingerprint density at radius 3 is 2.39 bits per heavy atom. The number of methoxy groups -OCH3 is 3. The molecule has 174 valence electrons. The first-order valence-electron chi connectivity index (χ1n) is 8.78. The Labute approximate surface area is 207 Å². The first-order chi connectivity index (χ1) is 15.2. The van der Waals surface area contributed by atoms with Crippen LogP contribution >= 0.6 is 11.3 Å². The number of sulfonamides is 1. The summed E-state index contributed by atoms with van der Waals surface area (Å²) < 4.78 is 41.9. The number of thiazole rings is 1. The Morgan fingerprint density at radius 1 is 1.09 bits per heavy atom. The first kappa shape index (κ1) is 26.2. The Bertz CT molecular complexity index is 1280. The number of nitro groups is 1. The van der Waals surface area contributed by atoms with Crippen LogP contribution in [0.15, 0.2) is 52.7 Å². The molecule has 33 heavy (non-hydrogen) atoms. The molecule has 11 nitrogen and oxygen atoms in total. The van der Waals surface area contributed by atoms with Crippen molar-refractivity contribution in [2.45, 2.75) is 4.90 Å². The molecule has 1 amide bonds. The monoisotopic (exact) mass is 663 g/mol. The number of benzene rings is 2. The molecule has 0 atom stereocenters. The predicted octanol–water partition coefficient (Wildman–Crippen LogP) is 3.69. The second-order valence-corrected chi connectivity index (χ2v) is 8.70. The van der Waals surface area contributed by atoms with Gasteiger partial charge < -0.3 is 14.2 Å². The van der Waals surface area contributed by atoms with Gasteiger partial charge in [-0.2, -0.15) is 0 Å². The molecule has 14 heteroatoms. The molecule has 3 rings (SSSR count). The van der Waals surface area contributed by atoms with E-state index >= 15 is 0 Å². The number of hydrogen-bond acceptors (Lipinski definition) is 10. The van der Waals surface area contributed by atoms with Gasteiger partial charge in [0.1, 0.15) is 0 Å². The number of non-ortho nitro benzene ring substituents is 1. The number of anilines is 1. The van der Waals surface area contributed by atoms with E-state index in [4.69, 9.17) is 9.47 Å². The van der Waals surface area contributed by atoms with Crippen molar-refractivity contribution in [3.8, 4) is 22.8 Å². The Kier molecular flexibility index (Phi) is 8.53. The zero-order chi connectivity index (χ0) is 23.5. The quantitative estimate of drug-likeness (QED) is 0.274. The number of carbonyl (C=O) groups excluding carboxylic acids is 1. The summed E-state index contributed by atoms with van der Waals surface area (Å²) >= 11 is 0.859. The second-order valence-electron chi connectivity index (χ2n) is 6.08. The standard InChI is InChI=1S/C19H17N3O8S2.W/c1-28-16-8-7-14(10-17(16)29-2)32(26,27)21(19(23)30-3)18-20-15(11-31-18)12-5-4-6-13(9-12)22(24)25;/h4-11H,1-3H3;. The molecule has 1 aromatic heterocycles. The molecule has 0 bridgehead atoms. The van der Waals surface area contributed by atoms with Gasteiger partial charge in [0.15, 0.2) is 11.5 Å². The normalized spacial score (nSPS) is 10.6. The van der Waals surface area contributed by atoms with Gasteiger partial charge in [-0.05, 0) is 12.1 Å². The van der Waals surface area contributed by atoms with Crippen molar-refractivity contribution in [2.24, 2.45) is 0 Å². The van der Waals surface area contributed by atoms with Crippen molar-refractivity contribution < 1.29 is 53.4 Å². The molecule has 0 radical (unpaired) electrons. The molecule has 0 aliphatic rings. The van der Waals surface area contributed by atoms with Crippen LogP contribution in [0.25, 0.3) is 11.3 Å². The van der Waals surface area contributed by atoms with Gasteiger partial charge in [-0.1, -0.05) is 12.1 Å². The fraction of sp³-hybridized carbons (Fsp3) is 0.158. The van der Waals surface area contributed by atoms with Crippen molar-refractivity contribution in [1.82, 2.24) is 4.98 Å². The summed E-state index contributed by atoms with van der Waals surface area (Å²) in [6.45, 7) is 0. The van der Waals surface area contributed by atoms with Crippen molar-refractivity contribution in [3.05, 3.63) is 58.0 Å². The molecule has 0 saturated carbocycles. The van der Waals surface area contributed by atoms with E-state index in [0.29, 0.717) is 15.6 Å². The van der Waals surface area contributed by atoms with Gasteiger partial charge >= 0.3 is 6.09 Å². The molecular weight excluding hydrogens is 646 g/mol. The number of hydrogen-bond donors (Lipinski definition) is 0. The van der Waals surface area contributed by atoms with Crippen LogP contribution in [0.3, 0.4) is 0 Å². The van der Waals surface area contributed by atoms with Gasteiger partial charge in [-0.25, -0.2) is 18.2 Å². The van der Waals surface area contributed by atoms with Crippen LogP contribution < -0.4 is 13.8 Å². The number of aromatic nitrogens is 1. The van der Waals surface area contributed by atoms with Gasteiger partial charge in [0.2, 0.25) is 5.13 Å². The smallest absolute Gasteiger partial charge is 0.430 e. The summed E-state index contributed by atoms with van der Waals surface area (Å²) in [4.78, 5) is 26.9. The first-order valence-corrected chi connectivity index (χ1v) is 11.1. The van der Waals surface area contributed by atoms with E-state index in [1.165, 1.54) is 56.0 Å². The topological polar surface area (TPSA) is 138 Å². The zero-order valence-corrected chi connectivity index (χ0v) is 22.0. The molecule has 0 saturated heterocycles. The van der Waals surface area contributed by atoms with Crippen LogP contribution in [0.4, 0.5) is 15.6 Å². The third-order valence-corrected chi connectivity index (χ3v) is 6.85. The summed E-state index contributed by atoms with van der Waals surface area (Å²) in [6.07, 6.45) is -1.18. The van der Waals surface area contributed by atoms with E-state index in [2.05, 4.69) is 9.72 Å². The van der Waals surface area contributed by atoms with Gasteiger partial charge in [-0.15, -0.1) is 15.6 Å². The fourth-order valence-corrected chi connectivity index (χ4v) is 5.09. The molecule has 0 spiro atoms. The van der Waals surface area contributed by atoms with Gasteiger partial charge in [0.25, 0.3) is 15.7 Å². The van der Waals surface area contributed by atoms with Gasteiger partial charge in [-0.3, -0.25) is 10.1 Å². The van der Waals surface area contributed by atoms with Gasteiger partial charge in [0.05, 0.1) is 36.8 Å². The van der Waals surface area contributed by atoms with Gasteiger partial charge in [0, 0.05) is 50.2 Å². The zero-order valence-electron chi connectivity index (χ0n) is 17.5. The predicted molar refractivity (Wildman–Crippen MR) is 116 cm³/mol. The largest absolute Gasteiger partial charge is 0.493 e. The average Bonchev–Trinajstić information content (AvgIpc) is 3.27. The van der Waals surface area contributed by atoms with E-state index < -0.39 is 21.0 Å². The van der Waals surface area contributed by atoms with Crippen LogP contribution in [-0.4, -0.2) is 45.7 Å². The number of nitro benzene ring substituents is 1. The Balaban J connectivity index is 0.00000385. The number of ether oxygens (including phenoxy) is 3. The van der Waals surface area contributed by atoms with Crippen LogP contribution in [-0.2, 0) is 35.8 Å². The average molecular weight is 663 g/mol. The number of amides is 1. The summed E-state index contributed by atoms with van der Waals surface area (Å²) in [5.74, 6) is 0.452. The van der Waals surface area contributed by atoms with Crippen LogP contribution in [0, 0.1) is 10.1 Å². The summed E-state index contributed by atoms with van der Waals surface area (Å²) in [5.41, 5.74) is 0.486. The van der Waals surface area contributed by atoms with E-state index in [1.54, 1.807) is 6.07 Å². The summed E-state index contributed by atoms with van der Waals surface area (Å²) in [5, 5.41) is 12.3. The van der Waals surface area contributed by atoms with Crippen molar-refractivity contribution in [3.63, 3.8) is 0 Å². The fourth-order valence-electron chi connectivity index (χ4n) is 2.71. The van der Waals surface area contributed by atoms with Crippen molar-refractivity contribution >= 4 is 38.3 Å². The number of carbonyl (C=O) groups is 1. The number of nitrogens with zero attached hydrogens (tertiary/aromatic N) is 3. The third-order valence-electron chi connectivity index (χ3n) is 4.25. The van der Waals surface area contributed by atoms with Crippen LogP contribution in [0.2, 0.25) is 0 Å². The molecule has 3 aromatic rings. The molecule has 1 heterocycles. The molecule has 0 unspecified atom stereocenters. The maximum atomic E-state index is 13.3. The summed E-state index contributed by atoms with van der Waals surface area (Å²) in [7, 11) is -0.668. The van der Waals surface area contributed by atoms with E-state index in [9.17, 15) is 23.3 Å². The third kappa shape index (κ3) is 5.32. The van der Waals surface area contributed by atoms with E-state index in [-0.39, 0.29) is 48.2 Å². The molecule has 0 aliphatic carbocycles. The minimum absolute atomic E-state index is 0. The van der Waals surface area contributed by atoms with Crippen molar-refractivity contribution in [1.29, 1.82) is 0 Å². The molecule has 2 aromatic carbocycles. The van der Waals surface area contributed by atoms with Crippen LogP contribution in [0.5, 0.6) is 11.5 Å². The Morgan fingerprint density at radius 2 is 1.79 bits per heavy atom. The molecule has 0 fully saturated rings. The second kappa shape index (κ2) is 10.7.